The number of hydrogen-bond acceptors (Lipinski definition) is 5. The number of methoxy groups -OCH3 is 1. The quantitative estimate of drug-likeness (QED) is 0.314. The van der Waals surface area contributed by atoms with Crippen molar-refractivity contribution in [2.75, 3.05) is 18.8 Å². The van der Waals surface area contributed by atoms with Crippen molar-refractivity contribution in [2.24, 2.45) is 0 Å². The van der Waals surface area contributed by atoms with E-state index < -0.39 is 0 Å². The molecule has 188 valence electrons. The van der Waals surface area contributed by atoms with Crippen LogP contribution >= 0.6 is 23.8 Å². The van der Waals surface area contributed by atoms with Crippen molar-refractivity contribution in [1.29, 1.82) is 0 Å². The van der Waals surface area contributed by atoms with Crippen molar-refractivity contribution in [3.63, 3.8) is 0 Å². The van der Waals surface area contributed by atoms with E-state index in [0.717, 1.165) is 45.5 Å². The molecule has 9 heteroatoms. The molecular formula is C28H25ClN4O3S. The predicted octanol–water partition coefficient (Wildman–Crippen LogP) is 6.06. The number of nitrogens with one attached hydrogen (secondary N) is 1. The smallest absolute Gasteiger partial charge is 0.231 e. The SMILES string of the molecule is COc1ccc(Cl)cc1-n1c(C)cc([C@@H]2[C@@H](c3ccccn3)NC(=S)N2c2ccc3c(c2)OCO3)c1C. The molecule has 2 atom stereocenters. The maximum Gasteiger partial charge on any atom is 0.231 e. The first-order valence-electron chi connectivity index (χ1n) is 11.9. The Labute approximate surface area is 225 Å². The molecule has 1 saturated heterocycles. The molecule has 7 nitrogen and oxygen atoms in total. The predicted molar refractivity (Wildman–Crippen MR) is 147 cm³/mol. The fourth-order valence-electron chi connectivity index (χ4n) is 5.28. The summed E-state index contributed by atoms with van der Waals surface area (Å²) in [5.41, 5.74) is 5.92. The Balaban J connectivity index is 1.53. The third-order valence-electron chi connectivity index (χ3n) is 6.90. The molecule has 37 heavy (non-hydrogen) atoms. The zero-order valence-corrected chi connectivity index (χ0v) is 22.1. The fraction of sp³-hybridized carbons (Fsp3) is 0.214. The van der Waals surface area contributed by atoms with Crippen molar-refractivity contribution < 1.29 is 14.2 Å². The first-order chi connectivity index (χ1) is 18.0. The summed E-state index contributed by atoms with van der Waals surface area (Å²) in [6, 6.07) is 19.3. The topological polar surface area (TPSA) is 60.8 Å². The normalized spacial score (nSPS) is 18.3. The summed E-state index contributed by atoms with van der Waals surface area (Å²) >= 11 is 12.3. The van der Waals surface area contributed by atoms with Crippen LogP contribution in [-0.4, -0.2) is 28.6 Å². The van der Waals surface area contributed by atoms with Crippen LogP contribution in [0, 0.1) is 13.8 Å². The van der Waals surface area contributed by atoms with Gasteiger partial charge in [-0.3, -0.25) is 4.98 Å². The monoisotopic (exact) mass is 532 g/mol. The molecule has 2 aliphatic rings. The third-order valence-corrected chi connectivity index (χ3v) is 7.45. The molecule has 6 rings (SSSR count). The Morgan fingerprint density at radius 1 is 1.05 bits per heavy atom. The van der Waals surface area contributed by atoms with E-state index in [4.69, 9.17) is 38.0 Å². The zero-order valence-electron chi connectivity index (χ0n) is 20.6. The van der Waals surface area contributed by atoms with Gasteiger partial charge in [0.25, 0.3) is 0 Å². The number of rotatable bonds is 5. The van der Waals surface area contributed by atoms with Crippen LogP contribution < -0.4 is 24.4 Å². The Hall–Kier alpha value is -3.75. The molecular weight excluding hydrogens is 508 g/mol. The number of aryl methyl sites for hydroxylation is 1. The largest absolute Gasteiger partial charge is 0.495 e. The highest BCUT2D eigenvalue weighted by Crippen LogP contribution is 2.46. The van der Waals surface area contributed by atoms with Crippen molar-refractivity contribution in [1.82, 2.24) is 14.9 Å². The molecule has 1 fully saturated rings. The number of benzene rings is 2. The van der Waals surface area contributed by atoms with Crippen molar-refractivity contribution in [3.8, 4) is 22.9 Å². The molecule has 4 aromatic rings. The first kappa shape index (κ1) is 23.6. The fourth-order valence-corrected chi connectivity index (χ4v) is 5.79. The van der Waals surface area contributed by atoms with Crippen LogP contribution in [-0.2, 0) is 0 Å². The van der Waals surface area contributed by atoms with Crippen LogP contribution in [0.25, 0.3) is 5.69 Å². The summed E-state index contributed by atoms with van der Waals surface area (Å²) in [5, 5.41) is 4.79. The van der Waals surface area contributed by atoms with E-state index in [9.17, 15) is 0 Å². The van der Waals surface area contributed by atoms with Crippen LogP contribution in [0.4, 0.5) is 5.69 Å². The second-order valence-corrected chi connectivity index (χ2v) is 9.84. The summed E-state index contributed by atoms with van der Waals surface area (Å²) in [6.45, 7) is 4.40. The van der Waals surface area contributed by atoms with Gasteiger partial charge in [-0.05, 0) is 80.2 Å². The van der Waals surface area contributed by atoms with Crippen LogP contribution in [0.2, 0.25) is 5.02 Å². The van der Waals surface area contributed by atoms with Gasteiger partial charge in [0.15, 0.2) is 16.6 Å². The standard InChI is InChI=1S/C28H25ClN4O3S/c1-16-12-20(17(2)32(16)22-13-18(29)7-9-23(22)34-3)27-26(21-6-4-5-11-30-21)31-28(37)33(27)19-8-10-24-25(14-19)36-15-35-24/h4-14,26-27H,15H2,1-3H3,(H,31,37)/t26-,27-/m1/s1. The van der Waals surface area contributed by atoms with Gasteiger partial charge < -0.3 is 29.0 Å². The number of thiocarbonyl (C=S) groups is 1. The Bertz CT molecular complexity index is 1510. The Kier molecular flexibility index (Phi) is 5.93. The van der Waals surface area contributed by atoms with Crippen LogP contribution in [0.1, 0.15) is 34.7 Å². The van der Waals surface area contributed by atoms with E-state index in [2.05, 4.69) is 39.7 Å². The van der Waals surface area contributed by atoms with Crippen LogP contribution in [0.15, 0.2) is 66.9 Å². The lowest BCUT2D eigenvalue weighted by Crippen LogP contribution is -2.29. The number of hydrogen-bond donors (Lipinski definition) is 1. The lowest BCUT2D eigenvalue weighted by atomic mass is 9.96. The van der Waals surface area contributed by atoms with Gasteiger partial charge in [0, 0.05) is 34.4 Å². The highest BCUT2D eigenvalue weighted by Gasteiger charge is 2.42. The average molecular weight is 533 g/mol. The average Bonchev–Trinajstić information content (AvgIpc) is 3.59. The number of nitrogens with zero attached hydrogens (tertiary/aromatic N) is 3. The molecule has 0 aliphatic carbocycles. The minimum atomic E-state index is -0.173. The van der Waals surface area contributed by atoms with E-state index in [-0.39, 0.29) is 18.9 Å². The summed E-state index contributed by atoms with van der Waals surface area (Å²) in [4.78, 5) is 6.81. The molecule has 2 aliphatic heterocycles. The third kappa shape index (κ3) is 3.97. The Morgan fingerprint density at radius 2 is 1.89 bits per heavy atom. The van der Waals surface area contributed by atoms with Gasteiger partial charge in [-0.2, -0.15) is 0 Å². The van der Waals surface area contributed by atoms with E-state index in [1.165, 1.54) is 0 Å². The number of ether oxygens (including phenoxy) is 3. The molecule has 2 aromatic carbocycles. The maximum atomic E-state index is 6.40. The molecule has 0 radical (unpaired) electrons. The second kappa shape index (κ2) is 9.28. The highest BCUT2D eigenvalue weighted by atomic mass is 35.5. The summed E-state index contributed by atoms with van der Waals surface area (Å²) < 4.78 is 19.1. The zero-order chi connectivity index (χ0) is 25.7. The molecule has 1 N–H and O–H groups in total. The number of aromatic nitrogens is 2. The number of fused-ring (bicyclic) bond motifs is 1. The second-order valence-electron chi connectivity index (χ2n) is 9.01. The van der Waals surface area contributed by atoms with Crippen molar-refractivity contribution in [3.05, 3.63) is 94.5 Å². The van der Waals surface area contributed by atoms with Gasteiger partial charge in [0.05, 0.1) is 30.6 Å². The summed E-state index contributed by atoms with van der Waals surface area (Å²) in [6.07, 6.45) is 1.81. The highest BCUT2D eigenvalue weighted by molar-refractivity contribution is 7.80. The maximum absolute atomic E-state index is 6.40. The minimum absolute atomic E-state index is 0.172. The van der Waals surface area contributed by atoms with Gasteiger partial charge in [0.2, 0.25) is 6.79 Å². The number of halogens is 1. The van der Waals surface area contributed by atoms with Gasteiger partial charge in [-0.1, -0.05) is 17.7 Å². The van der Waals surface area contributed by atoms with Gasteiger partial charge in [-0.15, -0.1) is 0 Å². The van der Waals surface area contributed by atoms with E-state index in [1.54, 1.807) is 13.3 Å². The van der Waals surface area contributed by atoms with Gasteiger partial charge in [0.1, 0.15) is 5.75 Å². The lowest BCUT2D eigenvalue weighted by molar-refractivity contribution is 0.174. The minimum Gasteiger partial charge on any atom is -0.495 e. The number of anilines is 1. The van der Waals surface area contributed by atoms with Crippen LogP contribution in [0.3, 0.4) is 0 Å². The summed E-state index contributed by atoms with van der Waals surface area (Å²) in [7, 11) is 1.67. The van der Waals surface area contributed by atoms with Crippen molar-refractivity contribution in [2.45, 2.75) is 25.9 Å². The molecule has 0 unspecified atom stereocenters. The molecule has 4 heterocycles. The molecule has 0 saturated carbocycles. The number of pyridine rings is 1. The summed E-state index contributed by atoms with van der Waals surface area (Å²) in [5.74, 6) is 2.17. The molecule has 2 aromatic heterocycles. The first-order valence-corrected chi connectivity index (χ1v) is 12.7. The van der Waals surface area contributed by atoms with E-state index in [0.29, 0.717) is 15.9 Å². The lowest BCUT2D eigenvalue weighted by Gasteiger charge is -2.28. The van der Waals surface area contributed by atoms with E-state index in [1.807, 2.05) is 54.6 Å². The molecule has 0 bridgehead atoms. The Morgan fingerprint density at radius 3 is 2.68 bits per heavy atom. The van der Waals surface area contributed by atoms with Crippen LogP contribution in [0.5, 0.6) is 17.2 Å². The van der Waals surface area contributed by atoms with E-state index >= 15 is 0 Å². The molecule has 0 amide bonds. The van der Waals surface area contributed by atoms with Crippen molar-refractivity contribution >= 4 is 34.6 Å². The van der Waals surface area contributed by atoms with Gasteiger partial charge in [-0.25, -0.2) is 0 Å². The van der Waals surface area contributed by atoms with Gasteiger partial charge >= 0.3 is 0 Å². The molecule has 0 spiro atoms.